The van der Waals surface area contributed by atoms with Crippen molar-refractivity contribution in [1.82, 2.24) is 0 Å². The Morgan fingerprint density at radius 1 is 0.350 bits per heavy atom. The Hall–Kier alpha value is -2.56. The van der Waals surface area contributed by atoms with E-state index in [-0.39, 0.29) is 25.9 Å². The SMILES string of the molecule is CCCCC/C=C\C/C=C\CCCCCCCCCCCC(=O)OC(COC(=O)CCCCCCC/C=C\C/C=C\CCCCC)COP(=O)(O)OCC(CO)OC(=O)CCCCCCCCCCCCCCCCCCCCC. The molecule has 12 heteroatoms. The van der Waals surface area contributed by atoms with Gasteiger partial charge in [-0.1, -0.05) is 275 Å². The minimum atomic E-state index is -4.76. The Morgan fingerprint density at radius 2 is 0.613 bits per heavy atom. The molecule has 0 amide bonds. The van der Waals surface area contributed by atoms with Crippen molar-refractivity contribution in [1.29, 1.82) is 0 Å². The highest BCUT2D eigenvalue weighted by molar-refractivity contribution is 7.47. The summed E-state index contributed by atoms with van der Waals surface area (Å²) in [5.74, 6) is -1.46. The van der Waals surface area contributed by atoms with Crippen LogP contribution < -0.4 is 0 Å². The fourth-order valence-corrected chi connectivity index (χ4v) is 10.4. The molecule has 0 aliphatic heterocycles. The Kier molecular flexibility index (Phi) is 60.5. The number of aliphatic hydroxyl groups excluding tert-OH is 1. The van der Waals surface area contributed by atoms with Crippen LogP contribution in [0.3, 0.4) is 0 Å². The van der Waals surface area contributed by atoms with E-state index in [2.05, 4.69) is 69.4 Å². The van der Waals surface area contributed by atoms with Crippen molar-refractivity contribution in [2.75, 3.05) is 26.4 Å². The van der Waals surface area contributed by atoms with Gasteiger partial charge in [-0.3, -0.25) is 23.4 Å². The highest BCUT2D eigenvalue weighted by Crippen LogP contribution is 2.43. The maximum atomic E-state index is 13.0. The molecule has 0 fully saturated rings. The molecule has 0 spiro atoms. The predicted molar refractivity (Wildman–Crippen MR) is 335 cm³/mol. The van der Waals surface area contributed by atoms with E-state index in [0.29, 0.717) is 19.3 Å². The summed E-state index contributed by atoms with van der Waals surface area (Å²) >= 11 is 0. The first-order chi connectivity index (χ1) is 39.2. The Bertz CT molecular complexity index is 1530. The quantitative estimate of drug-likeness (QED) is 0.0197. The number of carbonyl (C=O) groups excluding carboxylic acids is 3. The monoisotopic (exact) mass is 1150 g/mol. The van der Waals surface area contributed by atoms with Crippen LogP contribution in [0.4, 0.5) is 0 Å². The number of rotatable bonds is 63. The number of phosphoric acid groups is 1. The lowest BCUT2D eigenvalue weighted by Gasteiger charge is -2.21. The summed E-state index contributed by atoms with van der Waals surface area (Å²) in [6.07, 6.45) is 69.1. The molecule has 0 saturated heterocycles. The van der Waals surface area contributed by atoms with E-state index >= 15 is 0 Å². The Balaban J connectivity index is 4.64. The van der Waals surface area contributed by atoms with E-state index in [1.165, 1.54) is 173 Å². The highest BCUT2D eigenvalue weighted by Gasteiger charge is 2.28. The second kappa shape index (κ2) is 62.5. The molecule has 468 valence electrons. The average molecular weight is 1150 g/mol. The second-order valence-corrected chi connectivity index (χ2v) is 24.1. The molecule has 3 unspecified atom stereocenters. The zero-order valence-electron chi connectivity index (χ0n) is 52.1. The fourth-order valence-electron chi connectivity index (χ4n) is 9.60. The molecule has 0 heterocycles. The third-order valence-electron chi connectivity index (χ3n) is 14.7. The number of carbonyl (C=O) groups is 3. The van der Waals surface area contributed by atoms with Gasteiger partial charge < -0.3 is 24.2 Å². The van der Waals surface area contributed by atoms with E-state index in [9.17, 15) is 28.9 Å². The molecule has 80 heavy (non-hydrogen) atoms. The van der Waals surface area contributed by atoms with Crippen LogP contribution in [0, 0.1) is 0 Å². The van der Waals surface area contributed by atoms with Gasteiger partial charge in [-0.15, -0.1) is 0 Å². The van der Waals surface area contributed by atoms with Crippen LogP contribution in [0.5, 0.6) is 0 Å². The summed E-state index contributed by atoms with van der Waals surface area (Å²) < 4.78 is 39.7. The lowest BCUT2D eigenvalue weighted by atomic mass is 10.0. The van der Waals surface area contributed by atoms with Crippen molar-refractivity contribution in [3.8, 4) is 0 Å². The van der Waals surface area contributed by atoms with Crippen LogP contribution in [-0.4, -0.2) is 66.5 Å². The number of hydrogen-bond donors (Lipinski definition) is 2. The summed E-state index contributed by atoms with van der Waals surface area (Å²) in [5.41, 5.74) is 0. The molecule has 2 N–H and O–H groups in total. The van der Waals surface area contributed by atoms with Gasteiger partial charge in [0.05, 0.1) is 19.8 Å². The number of aliphatic hydroxyl groups is 1. The first-order valence-electron chi connectivity index (χ1n) is 33.5. The first-order valence-corrected chi connectivity index (χ1v) is 35.0. The van der Waals surface area contributed by atoms with Crippen LogP contribution in [0.2, 0.25) is 0 Å². The molecule has 0 bridgehead atoms. The Morgan fingerprint density at radius 3 is 0.950 bits per heavy atom. The number of ether oxygens (including phenoxy) is 3. The smallest absolute Gasteiger partial charge is 0.462 e. The molecular formula is C68H125O11P. The molecule has 3 atom stereocenters. The van der Waals surface area contributed by atoms with Gasteiger partial charge in [0.25, 0.3) is 0 Å². The van der Waals surface area contributed by atoms with Gasteiger partial charge >= 0.3 is 25.7 Å². The van der Waals surface area contributed by atoms with Gasteiger partial charge in [0.15, 0.2) is 6.10 Å². The van der Waals surface area contributed by atoms with Crippen LogP contribution in [-0.2, 0) is 42.2 Å². The summed E-state index contributed by atoms with van der Waals surface area (Å²) in [6.45, 7) is 4.65. The number of allylic oxidation sites excluding steroid dienone is 8. The zero-order chi connectivity index (χ0) is 58.3. The summed E-state index contributed by atoms with van der Waals surface area (Å²) in [7, 11) is -4.76. The number of unbranched alkanes of at least 4 members (excludes halogenated alkanes) is 38. The third kappa shape index (κ3) is 60.0. The van der Waals surface area contributed by atoms with Gasteiger partial charge in [0, 0.05) is 19.3 Å². The zero-order valence-corrected chi connectivity index (χ0v) is 53.0. The summed E-state index contributed by atoms with van der Waals surface area (Å²) in [4.78, 5) is 48.8. The molecule has 0 rings (SSSR count). The van der Waals surface area contributed by atoms with Crippen LogP contribution >= 0.6 is 7.82 Å². The van der Waals surface area contributed by atoms with E-state index in [1.807, 2.05) is 0 Å². The molecule has 0 radical (unpaired) electrons. The van der Waals surface area contributed by atoms with Gasteiger partial charge in [-0.05, 0) is 83.5 Å². The predicted octanol–water partition coefficient (Wildman–Crippen LogP) is 20.5. The molecular weight excluding hydrogens is 1020 g/mol. The van der Waals surface area contributed by atoms with Crippen molar-refractivity contribution in [2.45, 2.75) is 341 Å². The third-order valence-corrected chi connectivity index (χ3v) is 15.7. The number of phosphoric ester groups is 1. The average Bonchev–Trinajstić information content (AvgIpc) is 3.45. The van der Waals surface area contributed by atoms with Crippen molar-refractivity contribution in [3.05, 3.63) is 48.6 Å². The maximum absolute atomic E-state index is 13.0. The normalized spacial score (nSPS) is 13.5. The highest BCUT2D eigenvalue weighted by atomic mass is 31.2. The van der Waals surface area contributed by atoms with Crippen molar-refractivity contribution < 1.29 is 52.2 Å². The lowest BCUT2D eigenvalue weighted by molar-refractivity contribution is -0.161. The molecule has 0 aliphatic carbocycles. The largest absolute Gasteiger partial charge is 0.472 e. The van der Waals surface area contributed by atoms with Crippen molar-refractivity contribution in [2.24, 2.45) is 0 Å². The van der Waals surface area contributed by atoms with Crippen LogP contribution in [0.1, 0.15) is 329 Å². The molecule has 11 nitrogen and oxygen atoms in total. The molecule has 0 saturated carbocycles. The Labute approximate surface area is 492 Å². The van der Waals surface area contributed by atoms with Gasteiger partial charge in [-0.25, -0.2) is 4.57 Å². The van der Waals surface area contributed by atoms with Gasteiger partial charge in [0.1, 0.15) is 12.7 Å². The van der Waals surface area contributed by atoms with Crippen molar-refractivity contribution >= 4 is 25.7 Å². The molecule has 0 aromatic heterocycles. The summed E-state index contributed by atoms with van der Waals surface area (Å²) in [6, 6.07) is 0. The van der Waals surface area contributed by atoms with Crippen LogP contribution in [0.25, 0.3) is 0 Å². The van der Waals surface area contributed by atoms with E-state index in [4.69, 9.17) is 23.3 Å². The lowest BCUT2D eigenvalue weighted by Crippen LogP contribution is -2.30. The van der Waals surface area contributed by atoms with E-state index < -0.39 is 57.8 Å². The standard InChI is InChI=1S/C68H125O11P/c1-4-7-10-13-16-19-22-25-28-30-32-34-37-40-43-46-49-52-55-58-67(71)78-64(60-69)62-76-80(73,74)77-63-65(61-75-66(70)57-54-51-48-45-42-39-36-27-24-21-18-15-12-9-6-3)79-68(72)59-56-53-50-47-44-41-38-35-33-31-29-26-23-20-17-14-11-8-5-2/h17-18,20-21,26-27,29,36,64-65,69H,4-16,19,22-25,28,30-35,37-63H2,1-3H3,(H,73,74)/b20-17-,21-18-,29-26-,36-27-. The number of esters is 3. The molecule has 0 aliphatic rings. The van der Waals surface area contributed by atoms with Gasteiger partial charge in [-0.2, -0.15) is 0 Å². The van der Waals surface area contributed by atoms with E-state index in [1.54, 1.807) is 0 Å². The fraction of sp³-hybridized carbons (Fsp3) is 0.838. The first kappa shape index (κ1) is 77.4. The summed E-state index contributed by atoms with van der Waals surface area (Å²) in [5, 5.41) is 9.87. The van der Waals surface area contributed by atoms with Gasteiger partial charge in [0.2, 0.25) is 0 Å². The van der Waals surface area contributed by atoms with Crippen molar-refractivity contribution in [3.63, 3.8) is 0 Å². The maximum Gasteiger partial charge on any atom is 0.472 e. The second-order valence-electron chi connectivity index (χ2n) is 22.6. The number of hydrogen-bond acceptors (Lipinski definition) is 10. The minimum absolute atomic E-state index is 0.162. The topological polar surface area (TPSA) is 155 Å². The molecule has 0 aromatic carbocycles. The van der Waals surface area contributed by atoms with E-state index in [0.717, 1.165) is 96.3 Å². The van der Waals surface area contributed by atoms with Crippen LogP contribution in [0.15, 0.2) is 48.6 Å². The minimum Gasteiger partial charge on any atom is -0.462 e. The molecule has 0 aromatic rings.